The van der Waals surface area contributed by atoms with Crippen molar-refractivity contribution in [3.63, 3.8) is 0 Å². The number of hydrogen-bond acceptors (Lipinski definition) is 4. The van der Waals surface area contributed by atoms with Gasteiger partial charge in [0.1, 0.15) is 5.75 Å². The normalized spacial score (nSPS) is 11.4. The summed E-state index contributed by atoms with van der Waals surface area (Å²) in [6.45, 7) is 0.455. The van der Waals surface area contributed by atoms with Gasteiger partial charge >= 0.3 is 6.18 Å². The van der Waals surface area contributed by atoms with E-state index in [2.05, 4.69) is 5.10 Å². The number of nitrogens with zero attached hydrogens (tertiary/aromatic N) is 3. The van der Waals surface area contributed by atoms with Crippen LogP contribution in [0.15, 0.2) is 54.9 Å². The second kappa shape index (κ2) is 7.71. The van der Waals surface area contributed by atoms with Gasteiger partial charge in [-0.1, -0.05) is 18.2 Å². The van der Waals surface area contributed by atoms with Gasteiger partial charge in [-0.15, -0.1) is 0 Å². The molecule has 0 radical (unpaired) electrons. The zero-order chi connectivity index (χ0) is 20.3. The van der Waals surface area contributed by atoms with Crippen molar-refractivity contribution in [1.82, 2.24) is 9.78 Å². The molecule has 0 amide bonds. The molecule has 0 N–H and O–H groups in total. The summed E-state index contributed by atoms with van der Waals surface area (Å²) < 4.78 is 46.6. The van der Waals surface area contributed by atoms with Gasteiger partial charge in [0.15, 0.2) is 0 Å². The topological polar surface area (TPSA) is 70.2 Å². The molecule has 2 aromatic carbocycles. The number of alkyl halides is 3. The average Bonchev–Trinajstić information content (AvgIpc) is 3.08. The van der Waals surface area contributed by atoms with E-state index in [1.54, 1.807) is 18.0 Å². The molecule has 3 aromatic rings. The van der Waals surface area contributed by atoms with Crippen LogP contribution in [0, 0.1) is 10.1 Å². The fourth-order valence-corrected chi connectivity index (χ4v) is 2.82. The van der Waals surface area contributed by atoms with E-state index in [-0.39, 0.29) is 12.0 Å². The molecular weight excluding hydrogens is 375 g/mol. The summed E-state index contributed by atoms with van der Waals surface area (Å²) >= 11 is 0. The van der Waals surface area contributed by atoms with Crippen molar-refractivity contribution in [3.05, 3.63) is 87.2 Å². The third kappa shape index (κ3) is 4.48. The molecule has 0 saturated carbocycles. The summed E-state index contributed by atoms with van der Waals surface area (Å²) in [5.41, 5.74) is -0.104. The first kappa shape index (κ1) is 19.4. The van der Waals surface area contributed by atoms with E-state index in [0.29, 0.717) is 18.2 Å². The number of halogens is 3. The first-order valence-electron chi connectivity index (χ1n) is 8.25. The Kier molecular flexibility index (Phi) is 5.34. The van der Waals surface area contributed by atoms with Crippen molar-refractivity contribution in [2.45, 2.75) is 19.1 Å². The van der Waals surface area contributed by atoms with Crippen LogP contribution >= 0.6 is 0 Å². The van der Waals surface area contributed by atoms with Gasteiger partial charge < -0.3 is 4.74 Å². The maximum atomic E-state index is 13.3. The van der Waals surface area contributed by atoms with Gasteiger partial charge in [-0.2, -0.15) is 18.3 Å². The van der Waals surface area contributed by atoms with Crippen LogP contribution in [0.5, 0.6) is 5.75 Å². The Morgan fingerprint density at radius 3 is 2.46 bits per heavy atom. The number of nitro groups is 1. The molecule has 0 unspecified atom stereocenters. The Bertz CT molecular complexity index is 982. The minimum absolute atomic E-state index is 0.0323. The lowest BCUT2D eigenvalue weighted by molar-refractivity contribution is -0.385. The fourth-order valence-electron chi connectivity index (χ4n) is 2.82. The lowest BCUT2D eigenvalue weighted by Gasteiger charge is -2.12. The van der Waals surface area contributed by atoms with Gasteiger partial charge in [-0.25, -0.2) is 0 Å². The van der Waals surface area contributed by atoms with Crippen LogP contribution in [0.3, 0.4) is 0 Å². The number of methoxy groups -OCH3 is 1. The molecule has 0 saturated heterocycles. The van der Waals surface area contributed by atoms with Crippen LogP contribution < -0.4 is 4.74 Å². The highest BCUT2D eigenvalue weighted by molar-refractivity contribution is 5.43. The first-order chi connectivity index (χ1) is 13.3. The Morgan fingerprint density at radius 2 is 1.86 bits per heavy atom. The number of nitro benzene ring substituents is 1. The SMILES string of the molecule is COc1ccc(Cn2cc(Cc3ccc([N+](=O)[O-])cc3C(F)(F)F)cn2)cc1. The molecule has 1 heterocycles. The number of benzene rings is 2. The Hall–Kier alpha value is -3.36. The Labute approximate surface area is 158 Å². The summed E-state index contributed by atoms with van der Waals surface area (Å²) in [4.78, 5) is 9.94. The second-order valence-electron chi connectivity index (χ2n) is 6.17. The highest BCUT2D eigenvalue weighted by Crippen LogP contribution is 2.35. The zero-order valence-corrected chi connectivity index (χ0v) is 14.8. The van der Waals surface area contributed by atoms with Crippen LogP contribution in [0.1, 0.15) is 22.3 Å². The molecular formula is C19H16F3N3O3. The van der Waals surface area contributed by atoms with Crippen LogP contribution in [0.4, 0.5) is 18.9 Å². The van der Waals surface area contributed by atoms with Gasteiger partial charge in [-0.3, -0.25) is 14.8 Å². The smallest absolute Gasteiger partial charge is 0.416 e. The molecule has 0 atom stereocenters. The minimum Gasteiger partial charge on any atom is -0.497 e. The van der Waals surface area contributed by atoms with Crippen LogP contribution in [0.25, 0.3) is 0 Å². The average molecular weight is 391 g/mol. The highest BCUT2D eigenvalue weighted by Gasteiger charge is 2.35. The van der Waals surface area contributed by atoms with E-state index in [4.69, 9.17) is 4.74 Å². The van der Waals surface area contributed by atoms with Gasteiger partial charge in [0.25, 0.3) is 5.69 Å². The number of non-ortho nitro benzene ring substituents is 1. The monoisotopic (exact) mass is 391 g/mol. The molecule has 28 heavy (non-hydrogen) atoms. The van der Waals surface area contributed by atoms with Crippen molar-refractivity contribution in [2.24, 2.45) is 0 Å². The van der Waals surface area contributed by atoms with Crippen molar-refractivity contribution in [1.29, 1.82) is 0 Å². The Morgan fingerprint density at radius 1 is 1.14 bits per heavy atom. The molecule has 0 aliphatic rings. The summed E-state index contributed by atoms with van der Waals surface area (Å²) in [7, 11) is 1.57. The molecule has 9 heteroatoms. The van der Waals surface area contributed by atoms with Gasteiger partial charge in [-0.05, 0) is 28.8 Å². The van der Waals surface area contributed by atoms with Crippen LogP contribution in [0.2, 0.25) is 0 Å². The van der Waals surface area contributed by atoms with E-state index in [9.17, 15) is 23.3 Å². The largest absolute Gasteiger partial charge is 0.497 e. The number of rotatable bonds is 6. The lowest BCUT2D eigenvalue weighted by atomic mass is 10.0. The number of ether oxygens (including phenoxy) is 1. The van der Waals surface area contributed by atoms with E-state index >= 15 is 0 Å². The maximum absolute atomic E-state index is 13.3. The van der Waals surface area contributed by atoms with Crippen LogP contribution in [-0.2, 0) is 19.1 Å². The third-order valence-electron chi connectivity index (χ3n) is 4.19. The molecule has 0 aliphatic carbocycles. The lowest BCUT2D eigenvalue weighted by Crippen LogP contribution is -2.10. The molecule has 146 valence electrons. The summed E-state index contributed by atoms with van der Waals surface area (Å²) in [6, 6.07) is 10.2. The molecule has 0 fully saturated rings. The predicted molar refractivity (Wildman–Crippen MR) is 95.2 cm³/mol. The van der Waals surface area contributed by atoms with Crippen LogP contribution in [-0.4, -0.2) is 21.8 Å². The maximum Gasteiger partial charge on any atom is 0.416 e. The summed E-state index contributed by atoms with van der Waals surface area (Å²) in [5.74, 6) is 0.725. The van der Waals surface area contributed by atoms with Gasteiger partial charge in [0.05, 0.1) is 30.3 Å². The highest BCUT2D eigenvalue weighted by atomic mass is 19.4. The quantitative estimate of drug-likeness (QED) is 0.460. The first-order valence-corrected chi connectivity index (χ1v) is 8.25. The van der Waals surface area contributed by atoms with E-state index in [0.717, 1.165) is 23.4 Å². The van der Waals surface area contributed by atoms with E-state index < -0.39 is 22.4 Å². The summed E-state index contributed by atoms with van der Waals surface area (Å²) in [5, 5.41) is 15.0. The van der Waals surface area contributed by atoms with E-state index in [1.807, 2.05) is 24.3 Å². The Balaban J connectivity index is 1.80. The summed E-state index contributed by atoms with van der Waals surface area (Å²) in [6.07, 6.45) is -1.56. The molecule has 0 spiro atoms. The predicted octanol–water partition coefficient (Wildman–Crippen LogP) is 4.46. The molecule has 0 aliphatic heterocycles. The van der Waals surface area contributed by atoms with Crippen molar-refractivity contribution >= 4 is 5.69 Å². The van der Waals surface area contributed by atoms with E-state index in [1.165, 1.54) is 6.20 Å². The second-order valence-corrected chi connectivity index (χ2v) is 6.17. The zero-order valence-electron chi connectivity index (χ0n) is 14.8. The van der Waals surface area contributed by atoms with Crippen molar-refractivity contribution < 1.29 is 22.8 Å². The van der Waals surface area contributed by atoms with Gasteiger partial charge in [0, 0.05) is 24.8 Å². The minimum atomic E-state index is -4.68. The molecule has 6 nitrogen and oxygen atoms in total. The fraction of sp³-hybridized carbons (Fsp3) is 0.211. The van der Waals surface area contributed by atoms with Gasteiger partial charge in [0.2, 0.25) is 0 Å². The third-order valence-corrected chi connectivity index (χ3v) is 4.19. The number of hydrogen-bond donors (Lipinski definition) is 0. The molecule has 1 aromatic heterocycles. The standard InChI is InChI=1S/C19H16F3N3O3/c1-28-17-6-2-13(3-7-17)11-24-12-14(10-23-24)8-15-4-5-16(25(26)27)9-18(15)19(20,21)22/h2-7,9-10,12H,8,11H2,1H3. The molecule has 3 rings (SSSR count). The van der Waals surface area contributed by atoms with Crippen molar-refractivity contribution in [3.8, 4) is 5.75 Å². The molecule has 0 bridgehead atoms. The van der Waals surface area contributed by atoms with Crippen molar-refractivity contribution in [2.75, 3.05) is 7.11 Å². The number of aromatic nitrogens is 2.